The van der Waals surface area contributed by atoms with Crippen molar-refractivity contribution in [1.82, 2.24) is 14.7 Å². The summed E-state index contributed by atoms with van der Waals surface area (Å²) in [4.78, 5) is 2.61. The number of aromatic nitrogens is 2. The van der Waals surface area contributed by atoms with Crippen molar-refractivity contribution in [2.75, 3.05) is 18.4 Å². The minimum absolute atomic E-state index is 0.473. The fraction of sp³-hybridized carbons (Fsp3) is 0.714. The van der Waals surface area contributed by atoms with Crippen molar-refractivity contribution < 1.29 is 0 Å². The highest BCUT2D eigenvalue weighted by molar-refractivity contribution is 5.55. The van der Waals surface area contributed by atoms with E-state index in [1.165, 1.54) is 32.4 Å². The molecule has 1 aromatic rings. The van der Waals surface area contributed by atoms with Crippen molar-refractivity contribution in [3.8, 4) is 6.07 Å². The number of nitrogens with one attached hydrogen (secondary N) is 1. The first-order valence-corrected chi connectivity index (χ1v) is 7.13. The van der Waals surface area contributed by atoms with E-state index in [4.69, 9.17) is 0 Å². The second kappa shape index (κ2) is 4.86. The summed E-state index contributed by atoms with van der Waals surface area (Å²) in [7, 11) is 1.90. The van der Waals surface area contributed by atoms with Gasteiger partial charge in [-0.3, -0.25) is 4.68 Å². The molecule has 2 atom stereocenters. The van der Waals surface area contributed by atoms with Gasteiger partial charge < -0.3 is 10.2 Å². The van der Waals surface area contributed by atoms with Gasteiger partial charge >= 0.3 is 0 Å². The third-order valence-corrected chi connectivity index (χ3v) is 4.50. The van der Waals surface area contributed by atoms with Crippen LogP contribution in [0.5, 0.6) is 0 Å². The van der Waals surface area contributed by atoms with Crippen LogP contribution in [-0.2, 0) is 7.05 Å². The molecule has 0 amide bonds. The fourth-order valence-electron chi connectivity index (χ4n) is 3.51. The van der Waals surface area contributed by atoms with Crippen molar-refractivity contribution in [3.05, 3.63) is 11.3 Å². The molecule has 0 saturated carbocycles. The molecule has 5 nitrogen and oxygen atoms in total. The van der Waals surface area contributed by atoms with Gasteiger partial charge in [0, 0.05) is 25.7 Å². The molecule has 2 unspecified atom stereocenters. The van der Waals surface area contributed by atoms with Crippen LogP contribution in [0.4, 0.5) is 5.82 Å². The molecule has 5 heteroatoms. The first-order chi connectivity index (χ1) is 9.19. The minimum Gasteiger partial charge on any atom is -0.366 e. The van der Waals surface area contributed by atoms with Gasteiger partial charge in [-0.25, -0.2) is 0 Å². The van der Waals surface area contributed by atoms with E-state index < -0.39 is 0 Å². The number of rotatable bonds is 2. The second-order valence-electron chi connectivity index (χ2n) is 5.74. The van der Waals surface area contributed by atoms with Gasteiger partial charge in [0.25, 0.3) is 0 Å². The zero-order valence-electron chi connectivity index (χ0n) is 11.7. The Bertz CT molecular complexity index is 513. The molecule has 2 aliphatic rings. The van der Waals surface area contributed by atoms with E-state index in [9.17, 15) is 5.26 Å². The summed E-state index contributed by atoms with van der Waals surface area (Å²) >= 11 is 0. The van der Waals surface area contributed by atoms with Crippen LogP contribution in [0.1, 0.15) is 36.9 Å². The molecule has 3 heterocycles. The summed E-state index contributed by atoms with van der Waals surface area (Å²) in [5, 5.41) is 17.1. The maximum absolute atomic E-state index is 9.24. The molecule has 2 saturated heterocycles. The Morgan fingerprint density at radius 1 is 1.37 bits per heavy atom. The number of fused-ring (bicyclic) bond motifs is 1. The molecule has 1 N–H and O–H groups in total. The summed E-state index contributed by atoms with van der Waals surface area (Å²) in [5.74, 6) is 0.886. The lowest BCUT2D eigenvalue weighted by atomic mass is 9.97. The Kier molecular flexibility index (Phi) is 3.19. The van der Waals surface area contributed by atoms with E-state index in [1.54, 1.807) is 4.68 Å². The Balaban J connectivity index is 1.74. The van der Waals surface area contributed by atoms with Crippen LogP contribution in [0.3, 0.4) is 0 Å². The Hall–Kier alpha value is -1.54. The van der Waals surface area contributed by atoms with Gasteiger partial charge in [-0.05, 0) is 39.2 Å². The summed E-state index contributed by atoms with van der Waals surface area (Å²) in [5.41, 5.74) is 1.50. The lowest BCUT2D eigenvalue weighted by molar-refractivity contribution is 0.188. The van der Waals surface area contributed by atoms with Crippen LogP contribution in [0.25, 0.3) is 0 Å². The van der Waals surface area contributed by atoms with Crippen LogP contribution in [0.15, 0.2) is 0 Å². The number of nitrogens with zero attached hydrogens (tertiary/aromatic N) is 4. The summed E-state index contributed by atoms with van der Waals surface area (Å²) < 4.78 is 1.80. The van der Waals surface area contributed by atoms with Crippen molar-refractivity contribution in [2.24, 2.45) is 7.05 Å². The Morgan fingerprint density at radius 3 is 3.00 bits per heavy atom. The second-order valence-corrected chi connectivity index (χ2v) is 5.74. The van der Waals surface area contributed by atoms with Crippen LogP contribution in [0, 0.1) is 18.3 Å². The molecule has 19 heavy (non-hydrogen) atoms. The quantitative estimate of drug-likeness (QED) is 0.877. The maximum atomic E-state index is 9.24. The van der Waals surface area contributed by atoms with E-state index in [0.29, 0.717) is 11.6 Å². The van der Waals surface area contributed by atoms with Gasteiger partial charge in [-0.2, -0.15) is 10.4 Å². The summed E-state index contributed by atoms with van der Waals surface area (Å²) in [6.45, 7) is 4.34. The first-order valence-electron chi connectivity index (χ1n) is 7.13. The molecule has 0 aromatic carbocycles. The minimum atomic E-state index is 0.473. The predicted octanol–water partition coefficient (Wildman–Crippen LogP) is 1.64. The number of aryl methyl sites for hydroxylation is 2. The number of piperidine rings is 1. The smallest absolute Gasteiger partial charge is 0.142 e. The number of anilines is 1. The predicted molar refractivity (Wildman–Crippen MR) is 73.9 cm³/mol. The highest BCUT2D eigenvalue weighted by Gasteiger charge is 2.32. The average molecular weight is 259 g/mol. The van der Waals surface area contributed by atoms with Gasteiger partial charge in [-0.1, -0.05) is 0 Å². The number of hydrogen-bond acceptors (Lipinski definition) is 4. The number of hydrogen-bond donors (Lipinski definition) is 1. The lowest BCUT2D eigenvalue weighted by Crippen LogP contribution is -2.43. The molecule has 0 spiro atoms. The Morgan fingerprint density at radius 2 is 2.21 bits per heavy atom. The third kappa shape index (κ3) is 2.21. The van der Waals surface area contributed by atoms with Gasteiger partial charge in [0.15, 0.2) is 0 Å². The van der Waals surface area contributed by atoms with Crippen LogP contribution in [0.2, 0.25) is 0 Å². The lowest BCUT2D eigenvalue weighted by Gasteiger charge is -2.35. The summed E-state index contributed by atoms with van der Waals surface area (Å²) in [6.07, 6.45) is 5.01. The van der Waals surface area contributed by atoms with Gasteiger partial charge in [-0.15, -0.1) is 0 Å². The number of nitriles is 1. The normalized spacial score (nSPS) is 27.0. The van der Waals surface area contributed by atoms with Gasteiger partial charge in [0.2, 0.25) is 0 Å². The molecule has 0 bridgehead atoms. The highest BCUT2D eigenvalue weighted by atomic mass is 15.3. The molecule has 3 rings (SSSR count). The molecule has 102 valence electrons. The molecule has 0 aliphatic carbocycles. The average Bonchev–Trinajstić information content (AvgIpc) is 2.94. The van der Waals surface area contributed by atoms with Crippen LogP contribution >= 0.6 is 0 Å². The molecule has 1 aromatic heterocycles. The van der Waals surface area contributed by atoms with Crippen molar-refractivity contribution >= 4 is 5.82 Å². The van der Waals surface area contributed by atoms with E-state index in [1.807, 2.05) is 14.0 Å². The van der Waals surface area contributed by atoms with Crippen LogP contribution < -0.4 is 5.32 Å². The van der Waals surface area contributed by atoms with Crippen molar-refractivity contribution in [1.29, 1.82) is 5.26 Å². The first kappa shape index (κ1) is 12.5. The molecule has 2 fully saturated rings. The van der Waals surface area contributed by atoms with E-state index in [-0.39, 0.29) is 0 Å². The van der Waals surface area contributed by atoms with E-state index in [0.717, 1.165) is 24.0 Å². The topological polar surface area (TPSA) is 56.9 Å². The zero-order valence-corrected chi connectivity index (χ0v) is 11.7. The Labute approximate surface area is 114 Å². The summed E-state index contributed by atoms with van der Waals surface area (Å²) in [6, 6.07) is 3.48. The largest absolute Gasteiger partial charge is 0.366 e. The standard InChI is InChI=1S/C14H21N5/c1-10-13(9-15)14(18(2)17-10)16-11-5-7-19-6-3-4-12(19)8-11/h11-12,16H,3-8H2,1-2H3. The zero-order chi connectivity index (χ0) is 13.4. The van der Waals surface area contributed by atoms with Crippen molar-refractivity contribution in [2.45, 2.75) is 44.7 Å². The van der Waals surface area contributed by atoms with Crippen molar-refractivity contribution in [3.63, 3.8) is 0 Å². The maximum Gasteiger partial charge on any atom is 0.142 e. The van der Waals surface area contributed by atoms with E-state index in [2.05, 4.69) is 21.4 Å². The third-order valence-electron chi connectivity index (χ3n) is 4.50. The van der Waals surface area contributed by atoms with Crippen LogP contribution in [-0.4, -0.2) is 39.9 Å². The fourth-order valence-corrected chi connectivity index (χ4v) is 3.51. The molecule has 2 aliphatic heterocycles. The highest BCUT2D eigenvalue weighted by Crippen LogP contribution is 2.29. The monoisotopic (exact) mass is 259 g/mol. The van der Waals surface area contributed by atoms with E-state index >= 15 is 0 Å². The molecular weight excluding hydrogens is 238 g/mol. The van der Waals surface area contributed by atoms with Gasteiger partial charge in [0.1, 0.15) is 17.5 Å². The molecular formula is C14H21N5. The van der Waals surface area contributed by atoms with Gasteiger partial charge in [0.05, 0.1) is 5.69 Å². The molecule has 0 radical (unpaired) electrons. The SMILES string of the molecule is Cc1nn(C)c(NC2CCN3CCCC3C2)c1C#N.